The first-order valence-corrected chi connectivity index (χ1v) is 6.35. The van der Waals surface area contributed by atoms with Gasteiger partial charge in [-0.15, -0.1) is 0 Å². The van der Waals surface area contributed by atoms with Gasteiger partial charge in [0.05, 0.1) is 11.8 Å². The lowest BCUT2D eigenvalue weighted by molar-refractivity contribution is -0.166. The van der Waals surface area contributed by atoms with Crippen LogP contribution in [0.15, 0.2) is 0 Å². The van der Waals surface area contributed by atoms with Gasteiger partial charge in [0.25, 0.3) is 0 Å². The first kappa shape index (κ1) is 11.7. The van der Waals surface area contributed by atoms with Crippen molar-refractivity contribution in [2.75, 3.05) is 0 Å². The van der Waals surface area contributed by atoms with Crippen LogP contribution in [0.25, 0.3) is 0 Å². The van der Waals surface area contributed by atoms with Crippen LogP contribution in [0.5, 0.6) is 0 Å². The van der Waals surface area contributed by atoms with Crippen molar-refractivity contribution in [1.29, 1.82) is 0 Å². The number of carbonyl (C=O) groups excluding carboxylic acids is 2. The molecule has 18 heavy (non-hydrogen) atoms. The molecule has 0 spiro atoms. The van der Waals surface area contributed by atoms with E-state index in [0.717, 1.165) is 17.7 Å². The number of carboxylic acid groups (broad SMARTS) is 1. The minimum absolute atomic E-state index is 0.0801. The summed E-state index contributed by atoms with van der Waals surface area (Å²) in [5.74, 6) is -2.32. The number of rotatable bonds is 3. The Kier molecular flexibility index (Phi) is 1.92. The zero-order valence-electron chi connectivity index (χ0n) is 10.8. The minimum Gasteiger partial charge on any atom is -0.479 e. The Balaban J connectivity index is 1.97. The van der Waals surface area contributed by atoms with Gasteiger partial charge in [0, 0.05) is 0 Å². The number of nitrogens with zero attached hydrogens (tertiary/aromatic N) is 1. The van der Waals surface area contributed by atoms with E-state index in [1.807, 2.05) is 13.8 Å². The molecule has 3 fully saturated rings. The SMILES string of the molecule is CC1(C)C2C(=O)N(C(C)(C(=O)O)C3CC3)C(=O)C21. The Morgan fingerprint density at radius 3 is 2.06 bits per heavy atom. The summed E-state index contributed by atoms with van der Waals surface area (Å²) in [6.07, 6.45) is 1.55. The molecule has 2 saturated carbocycles. The van der Waals surface area contributed by atoms with Crippen molar-refractivity contribution >= 4 is 17.8 Å². The van der Waals surface area contributed by atoms with Gasteiger partial charge in [-0.1, -0.05) is 13.8 Å². The molecule has 3 rings (SSSR count). The maximum absolute atomic E-state index is 12.3. The first-order valence-electron chi connectivity index (χ1n) is 6.35. The second kappa shape index (κ2) is 2.95. The zero-order valence-corrected chi connectivity index (χ0v) is 10.8. The summed E-state index contributed by atoms with van der Waals surface area (Å²) < 4.78 is 0. The van der Waals surface area contributed by atoms with Crippen LogP contribution >= 0.6 is 0 Å². The Morgan fingerprint density at radius 2 is 1.72 bits per heavy atom. The van der Waals surface area contributed by atoms with Gasteiger partial charge in [-0.25, -0.2) is 4.79 Å². The molecule has 98 valence electrons. The number of aliphatic carboxylic acids is 1. The van der Waals surface area contributed by atoms with Crippen LogP contribution in [-0.4, -0.2) is 33.3 Å². The third kappa shape index (κ3) is 1.10. The Labute approximate surface area is 105 Å². The number of hydrogen-bond donors (Lipinski definition) is 1. The normalized spacial score (nSPS) is 36.3. The topological polar surface area (TPSA) is 74.7 Å². The molecule has 1 aliphatic heterocycles. The molecule has 5 heteroatoms. The molecular weight excluding hydrogens is 234 g/mol. The largest absolute Gasteiger partial charge is 0.479 e. The smallest absolute Gasteiger partial charge is 0.330 e. The molecule has 5 nitrogen and oxygen atoms in total. The predicted molar refractivity (Wildman–Crippen MR) is 61.4 cm³/mol. The molecule has 3 unspecified atom stereocenters. The molecule has 3 atom stereocenters. The van der Waals surface area contributed by atoms with E-state index in [1.54, 1.807) is 0 Å². The zero-order chi connectivity index (χ0) is 13.5. The Hall–Kier alpha value is -1.39. The number of likely N-dealkylation sites (tertiary alicyclic amines) is 1. The van der Waals surface area contributed by atoms with Crippen LogP contribution in [0, 0.1) is 23.2 Å². The highest BCUT2D eigenvalue weighted by atomic mass is 16.4. The number of carboxylic acids is 1. The Morgan fingerprint density at radius 1 is 1.28 bits per heavy atom. The van der Waals surface area contributed by atoms with Crippen LogP contribution in [0.2, 0.25) is 0 Å². The number of imide groups is 1. The molecule has 0 bridgehead atoms. The molecule has 1 saturated heterocycles. The lowest BCUT2D eigenvalue weighted by atomic mass is 9.91. The summed E-state index contributed by atoms with van der Waals surface area (Å²) >= 11 is 0. The van der Waals surface area contributed by atoms with E-state index in [1.165, 1.54) is 6.92 Å². The summed E-state index contributed by atoms with van der Waals surface area (Å²) in [6.45, 7) is 5.30. The van der Waals surface area contributed by atoms with Crippen molar-refractivity contribution in [2.45, 2.75) is 39.2 Å². The van der Waals surface area contributed by atoms with E-state index >= 15 is 0 Å². The molecule has 0 aromatic heterocycles. The molecule has 1 N–H and O–H groups in total. The van der Waals surface area contributed by atoms with Crippen LogP contribution < -0.4 is 0 Å². The molecule has 3 aliphatic rings. The van der Waals surface area contributed by atoms with Gasteiger partial charge >= 0.3 is 5.97 Å². The number of fused-ring (bicyclic) bond motifs is 1. The highest BCUT2D eigenvalue weighted by molar-refractivity contribution is 6.13. The summed E-state index contributed by atoms with van der Waals surface area (Å²) in [5.41, 5.74) is -1.62. The average Bonchev–Trinajstić information content (AvgIpc) is 3.10. The van der Waals surface area contributed by atoms with Crippen LogP contribution in [-0.2, 0) is 14.4 Å². The summed E-state index contributed by atoms with van der Waals surface area (Å²) in [5, 5.41) is 9.42. The van der Waals surface area contributed by atoms with Crippen molar-refractivity contribution in [3.05, 3.63) is 0 Å². The highest BCUT2D eigenvalue weighted by Crippen LogP contribution is 2.65. The molecule has 2 amide bonds. The van der Waals surface area contributed by atoms with Crippen LogP contribution in [0.3, 0.4) is 0 Å². The monoisotopic (exact) mass is 251 g/mol. The summed E-state index contributed by atoms with van der Waals surface area (Å²) in [7, 11) is 0. The van der Waals surface area contributed by atoms with E-state index in [0.29, 0.717) is 0 Å². The molecular formula is C13H17NO4. The van der Waals surface area contributed by atoms with E-state index < -0.39 is 11.5 Å². The van der Waals surface area contributed by atoms with Crippen LogP contribution in [0.4, 0.5) is 0 Å². The third-order valence-corrected chi connectivity index (χ3v) is 5.07. The van der Waals surface area contributed by atoms with E-state index in [9.17, 15) is 19.5 Å². The lowest BCUT2D eigenvalue weighted by Crippen LogP contribution is -2.58. The fourth-order valence-corrected chi connectivity index (χ4v) is 3.50. The lowest BCUT2D eigenvalue weighted by Gasteiger charge is -2.36. The van der Waals surface area contributed by atoms with Gasteiger partial charge in [-0.2, -0.15) is 0 Å². The van der Waals surface area contributed by atoms with Gasteiger partial charge in [-0.05, 0) is 31.1 Å². The van der Waals surface area contributed by atoms with Gasteiger partial charge in [0.15, 0.2) is 0 Å². The molecule has 0 aromatic carbocycles. The second-order valence-electron chi connectivity index (χ2n) is 6.52. The third-order valence-electron chi connectivity index (χ3n) is 5.07. The molecule has 1 heterocycles. The maximum Gasteiger partial charge on any atom is 0.330 e. The van der Waals surface area contributed by atoms with Gasteiger partial charge in [0.1, 0.15) is 5.54 Å². The van der Waals surface area contributed by atoms with Gasteiger partial charge in [-0.3, -0.25) is 14.5 Å². The minimum atomic E-state index is -1.34. The number of hydrogen-bond acceptors (Lipinski definition) is 3. The number of piperidine rings is 1. The fraction of sp³-hybridized carbons (Fsp3) is 0.769. The van der Waals surface area contributed by atoms with Gasteiger partial charge in [0.2, 0.25) is 11.8 Å². The first-order chi connectivity index (χ1) is 8.24. The van der Waals surface area contributed by atoms with Crippen molar-refractivity contribution < 1.29 is 19.5 Å². The van der Waals surface area contributed by atoms with Crippen molar-refractivity contribution in [1.82, 2.24) is 4.90 Å². The summed E-state index contributed by atoms with van der Waals surface area (Å²) in [4.78, 5) is 37.2. The molecule has 2 aliphatic carbocycles. The number of carbonyl (C=O) groups is 3. The van der Waals surface area contributed by atoms with Crippen molar-refractivity contribution in [3.63, 3.8) is 0 Å². The Bertz CT molecular complexity index is 455. The van der Waals surface area contributed by atoms with E-state index in [-0.39, 0.29) is 35.0 Å². The maximum atomic E-state index is 12.3. The van der Waals surface area contributed by atoms with E-state index in [2.05, 4.69) is 0 Å². The van der Waals surface area contributed by atoms with Crippen molar-refractivity contribution in [2.24, 2.45) is 23.2 Å². The quantitative estimate of drug-likeness (QED) is 0.756. The average molecular weight is 251 g/mol. The molecule has 0 aromatic rings. The van der Waals surface area contributed by atoms with E-state index in [4.69, 9.17) is 0 Å². The fourth-order valence-electron chi connectivity index (χ4n) is 3.50. The summed E-state index contributed by atoms with van der Waals surface area (Å²) in [6, 6.07) is 0. The van der Waals surface area contributed by atoms with Crippen LogP contribution in [0.1, 0.15) is 33.6 Å². The molecule has 0 radical (unpaired) electrons. The number of amides is 2. The standard InChI is InChI=1S/C13H17NO4/c1-12(2)7-8(12)10(16)14(9(7)15)13(3,11(17)18)6-4-5-6/h6-8H,4-5H2,1-3H3,(H,17,18). The second-order valence-corrected chi connectivity index (χ2v) is 6.52. The highest BCUT2D eigenvalue weighted by Gasteiger charge is 2.76. The van der Waals surface area contributed by atoms with Crippen molar-refractivity contribution in [3.8, 4) is 0 Å². The predicted octanol–water partition coefficient (Wildman–Crippen LogP) is 0.881. The van der Waals surface area contributed by atoms with Gasteiger partial charge < -0.3 is 5.11 Å².